The molecule has 4 heteroatoms. The lowest BCUT2D eigenvalue weighted by atomic mass is 10.0. The summed E-state index contributed by atoms with van der Waals surface area (Å²) in [6, 6.07) is 25.1. The SMILES string of the molecule is Cc1ccc([S+](=O)([O-])N(C)Cc2ccc(-c3ccccc3)cc2)cc1. The molecule has 0 amide bonds. The second-order valence-electron chi connectivity index (χ2n) is 6.14. The molecule has 1 atom stereocenters. The van der Waals surface area contributed by atoms with Gasteiger partial charge in [-0.25, -0.2) is 0 Å². The molecule has 0 aromatic heterocycles. The number of hydrogen-bond donors (Lipinski definition) is 0. The van der Waals surface area contributed by atoms with Gasteiger partial charge in [-0.1, -0.05) is 76.5 Å². The van der Waals surface area contributed by atoms with Crippen LogP contribution in [0.15, 0.2) is 83.8 Å². The summed E-state index contributed by atoms with van der Waals surface area (Å²) in [4.78, 5) is 0.321. The van der Waals surface area contributed by atoms with Gasteiger partial charge in [-0.2, -0.15) is 0 Å². The van der Waals surface area contributed by atoms with Crippen molar-refractivity contribution in [2.45, 2.75) is 18.4 Å². The maximum Gasteiger partial charge on any atom is 0.175 e. The quantitative estimate of drug-likeness (QED) is 0.626. The van der Waals surface area contributed by atoms with Crippen molar-refractivity contribution in [2.24, 2.45) is 0 Å². The molecule has 25 heavy (non-hydrogen) atoms. The predicted octanol–water partition coefficient (Wildman–Crippen LogP) is 4.70. The fourth-order valence-electron chi connectivity index (χ4n) is 2.67. The molecule has 0 aliphatic carbocycles. The number of nitrogens with zero attached hydrogens (tertiary/aromatic N) is 1. The topological polar surface area (TPSA) is 43.4 Å². The second-order valence-corrected chi connectivity index (χ2v) is 8.18. The Bertz CT molecular complexity index is 874. The first kappa shape index (κ1) is 17.5. The minimum atomic E-state index is -3.48. The van der Waals surface area contributed by atoms with Gasteiger partial charge in [-0.3, -0.25) is 0 Å². The lowest BCUT2D eigenvalue weighted by molar-refractivity contribution is 0.386. The molecule has 3 aromatic carbocycles. The smallest absolute Gasteiger partial charge is 0.175 e. The van der Waals surface area contributed by atoms with Crippen molar-refractivity contribution in [3.63, 3.8) is 0 Å². The van der Waals surface area contributed by atoms with Crippen molar-refractivity contribution in [1.29, 1.82) is 0 Å². The van der Waals surface area contributed by atoms with Crippen molar-refractivity contribution < 1.29 is 8.76 Å². The molecule has 3 nitrogen and oxygen atoms in total. The van der Waals surface area contributed by atoms with Crippen molar-refractivity contribution in [3.05, 3.63) is 90.0 Å². The Balaban J connectivity index is 1.75. The lowest BCUT2D eigenvalue weighted by Gasteiger charge is -2.24. The zero-order valence-electron chi connectivity index (χ0n) is 14.4. The van der Waals surface area contributed by atoms with Gasteiger partial charge in [0, 0.05) is 7.05 Å². The maximum atomic E-state index is 12.7. The van der Waals surface area contributed by atoms with E-state index in [1.54, 1.807) is 19.2 Å². The Labute approximate surface area is 150 Å². The molecular weight excluding hydrogens is 330 g/mol. The fraction of sp³-hybridized carbons (Fsp3) is 0.143. The molecular formula is C21H21NO2S. The molecule has 0 saturated heterocycles. The summed E-state index contributed by atoms with van der Waals surface area (Å²) in [5, 5.41) is 0. The van der Waals surface area contributed by atoms with Gasteiger partial charge in [0.05, 0.1) is 6.54 Å². The maximum absolute atomic E-state index is 12.7. The first-order valence-corrected chi connectivity index (χ1v) is 9.58. The van der Waals surface area contributed by atoms with Gasteiger partial charge in [-0.15, -0.1) is 4.31 Å². The standard InChI is InChI=1S/C21H21NO2S/c1-17-8-14-21(15-9-17)25(23,24)22(2)16-18-10-12-20(13-11-18)19-6-4-3-5-7-19/h3-15H,16H2,1-2H3. The van der Waals surface area contributed by atoms with Crippen LogP contribution in [0.5, 0.6) is 0 Å². The molecule has 0 saturated carbocycles. The van der Waals surface area contributed by atoms with E-state index in [0.717, 1.165) is 22.3 Å². The molecule has 0 radical (unpaired) electrons. The first-order chi connectivity index (χ1) is 12.0. The van der Waals surface area contributed by atoms with Crippen LogP contribution in [-0.2, 0) is 21.2 Å². The van der Waals surface area contributed by atoms with E-state index in [1.165, 1.54) is 4.31 Å². The fourth-order valence-corrected chi connectivity index (χ4v) is 3.82. The Hall–Kier alpha value is -2.27. The van der Waals surface area contributed by atoms with Crippen LogP contribution in [0.25, 0.3) is 11.1 Å². The molecule has 128 valence electrons. The second kappa shape index (κ2) is 7.31. The third-order valence-electron chi connectivity index (χ3n) is 4.20. The van der Waals surface area contributed by atoms with E-state index in [9.17, 15) is 8.76 Å². The van der Waals surface area contributed by atoms with Gasteiger partial charge in [0.1, 0.15) is 0 Å². The molecule has 0 bridgehead atoms. The van der Waals surface area contributed by atoms with E-state index < -0.39 is 10.4 Å². The van der Waals surface area contributed by atoms with Gasteiger partial charge in [0.2, 0.25) is 0 Å². The third kappa shape index (κ3) is 4.04. The normalized spacial score (nSPS) is 13.6. The highest BCUT2D eigenvalue weighted by Gasteiger charge is 2.26. The Morgan fingerprint density at radius 3 is 2.00 bits per heavy atom. The number of sulfonamides is 1. The van der Waals surface area contributed by atoms with E-state index in [1.807, 2.05) is 61.5 Å². The summed E-state index contributed by atoms with van der Waals surface area (Å²) in [7, 11) is -1.87. The van der Waals surface area contributed by atoms with Crippen LogP contribution in [0.2, 0.25) is 0 Å². The molecule has 0 N–H and O–H groups in total. The van der Waals surface area contributed by atoms with Crippen molar-refractivity contribution in [1.82, 2.24) is 4.31 Å². The molecule has 1 unspecified atom stereocenters. The summed E-state index contributed by atoms with van der Waals surface area (Å²) in [6.07, 6.45) is 0. The van der Waals surface area contributed by atoms with Gasteiger partial charge < -0.3 is 4.55 Å². The summed E-state index contributed by atoms with van der Waals surface area (Å²) in [6.45, 7) is 2.28. The summed E-state index contributed by atoms with van der Waals surface area (Å²) < 4.78 is 26.7. The van der Waals surface area contributed by atoms with Crippen molar-refractivity contribution >= 4 is 10.4 Å². The van der Waals surface area contributed by atoms with Crippen LogP contribution in [0.3, 0.4) is 0 Å². The van der Waals surface area contributed by atoms with E-state index in [4.69, 9.17) is 0 Å². The Morgan fingerprint density at radius 2 is 1.40 bits per heavy atom. The zero-order chi connectivity index (χ0) is 17.9. The van der Waals surface area contributed by atoms with Gasteiger partial charge in [0.25, 0.3) is 0 Å². The largest absolute Gasteiger partial charge is 0.593 e. The van der Waals surface area contributed by atoms with E-state index in [-0.39, 0.29) is 0 Å². The van der Waals surface area contributed by atoms with Crippen LogP contribution >= 0.6 is 0 Å². The highest BCUT2D eigenvalue weighted by molar-refractivity contribution is 7.95. The minimum absolute atomic E-state index is 0.321. The van der Waals surface area contributed by atoms with Crippen LogP contribution in [0, 0.1) is 6.92 Å². The molecule has 0 heterocycles. The van der Waals surface area contributed by atoms with Gasteiger partial charge >= 0.3 is 0 Å². The lowest BCUT2D eigenvalue weighted by Crippen LogP contribution is -2.32. The van der Waals surface area contributed by atoms with Crippen molar-refractivity contribution in [2.75, 3.05) is 7.05 Å². The monoisotopic (exact) mass is 351 g/mol. The Kier molecular flexibility index (Phi) is 5.13. The summed E-state index contributed by atoms with van der Waals surface area (Å²) >= 11 is 0. The summed E-state index contributed by atoms with van der Waals surface area (Å²) in [5.41, 5.74) is 4.26. The number of benzene rings is 3. The van der Waals surface area contributed by atoms with E-state index in [0.29, 0.717) is 11.4 Å². The third-order valence-corrected chi connectivity index (χ3v) is 6.01. The molecule has 0 spiro atoms. The molecule has 3 aromatic rings. The zero-order valence-corrected chi connectivity index (χ0v) is 15.2. The molecule has 0 aliphatic rings. The van der Waals surface area contributed by atoms with Crippen LogP contribution in [0.1, 0.15) is 11.1 Å². The molecule has 0 aliphatic heterocycles. The van der Waals surface area contributed by atoms with Crippen LogP contribution in [0.4, 0.5) is 0 Å². The highest BCUT2D eigenvalue weighted by atomic mass is 32.3. The van der Waals surface area contributed by atoms with E-state index >= 15 is 0 Å². The highest BCUT2D eigenvalue weighted by Crippen LogP contribution is 2.24. The van der Waals surface area contributed by atoms with Crippen molar-refractivity contribution in [3.8, 4) is 11.1 Å². The van der Waals surface area contributed by atoms with Gasteiger partial charge in [-0.05, 0) is 35.7 Å². The number of rotatable bonds is 5. The molecule has 3 rings (SSSR count). The van der Waals surface area contributed by atoms with E-state index in [2.05, 4.69) is 12.1 Å². The Morgan fingerprint density at radius 1 is 0.840 bits per heavy atom. The number of aryl methyl sites for hydroxylation is 1. The molecule has 0 fully saturated rings. The average Bonchev–Trinajstić information content (AvgIpc) is 2.63. The van der Waals surface area contributed by atoms with Crippen LogP contribution < -0.4 is 0 Å². The predicted molar refractivity (Wildman–Crippen MR) is 102 cm³/mol. The van der Waals surface area contributed by atoms with Crippen LogP contribution in [-0.4, -0.2) is 15.9 Å². The number of hydrogen-bond acceptors (Lipinski definition) is 2. The van der Waals surface area contributed by atoms with Gasteiger partial charge in [0.15, 0.2) is 15.3 Å². The summed E-state index contributed by atoms with van der Waals surface area (Å²) in [5.74, 6) is 0. The first-order valence-electron chi connectivity index (χ1n) is 8.14. The average molecular weight is 351 g/mol. The minimum Gasteiger partial charge on any atom is -0.593 e.